The first kappa shape index (κ1) is 16.4. The van der Waals surface area contributed by atoms with Crippen LogP contribution in [-0.4, -0.2) is 38.9 Å². The fourth-order valence-corrected chi connectivity index (χ4v) is 2.24. The second-order valence-corrected chi connectivity index (χ2v) is 5.39. The van der Waals surface area contributed by atoms with E-state index in [9.17, 15) is 4.79 Å². The summed E-state index contributed by atoms with van der Waals surface area (Å²) in [6.07, 6.45) is 4.96. The van der Waals surface area contributed by atoms with Crippen molar-refractivity contribution in [2.45, 2.75) is 6.92 Å². The van der Waals surface area contributed by atoms with Gasteiger partial charge in [0.05, 0.1) is 0 Å². The molecule has 0 aliphatic heterocycles. The number of amides is 2. The van der Waals surface area contributed by atoms with Crippen molar-refractivity contribution in [2.75, 3.05) is 23.7 Å². The number of rotatable bonds is 6. The van der Waals surface area contributed by atoms with Gasteiger partial charge in [-0.05, 0) is 30.7 Å². The lowest BCUT2D eigenvalue weighted by Gasteiger charge is -2.10. The van der Waals surface area contributed by atoms with E-state index in [0.717, 1.165) is 11.3 Å². The summed E-state index contributed by atoms with van der Waals surface area (Å²) in [6.45, 7) is 2.97. The molecule has 0 saturated carbocycles. The summed E-state index contributed by atoms with van der Waals surface area (Å²) in [5, 5.41) is 12.9. The Balaban J connectivity index is 1.44. The highest BCUT2D eigenvalue weighted by Gasteiger charge is 2.03. The lowest BCUT2D eigenvalue weighted by molar-refractivity contribution is 0.252. The second kappa shape index (κ2) is 7.91. The number of hydrogen-bond acceptors (Lipinski definition) is 5. The average Bonchev–Trinajstić information content (AvgIpc) is 3.14. The van der Waals surface area contributed by atoms with Crippen LogP contribution >= 0.6 is 0 Å². The number of carbonyl (C=O) groups excluding carboxylic acids is 1. The molecule has 3 aromatic rings. The highest BCUT2D eigenvalue weighted by Crippen LogP contribution is 2.09. The predicted octanol–water partition coefficient (Wildman–Crippen LogP) is 2.20. The zero-order chi connectivity index (χ0) is 17.5. The van der Waals surface area contributed by atoms with Crippen molar-refractivity contribution in [3.05, 3.63) is 60.7 Å². The zero-order valence-electron chi connectivity index (χ0n) is 13.8. The van der Waals surface area contributed by atoms with Crippen LogP contribution in [0, 0.1) is 6.92 Å². The van der Waals surface area contributed by atoms with Gasteiger partial charge in [0.15, 0.2) is 5.82 Å². The Morgan fingerprint density at radius 2 is 2.08 bits per heavy atom. The molecule has 1 aromatic carbocycles. The minimum atomic E-state index is -0.243. The Hall–Kier alpha value is -3.42. The molecular formula is C17H19N7O. The molecular weight excluding hydrogens is 318 g/mol. The molecule has 2 amide bonds. The van der Waals surface area contributed by atoms with Gasteiger partial charge in [-0.2, -0.15) is 5.10 Å². The monoisotopic (exact) mass is 337 g/mol. The lowest BCUT2D eigenvalue weighted by Crippen LogP contribution is -2.32. The van der Waals surface area contributed by atoms with Crippen LogP contribution in [-0.2, 0) is 0 Å². The van der Waals surface area contributed by atoms with Crippen LogP contribution in [0.5, 0.6) is 0 Å². The first-order valence-electron chi connectivity index (χ1n) is 7.88. The summed E-state index contributed by atoms with van der Waals surface area (Å²) in [5.74, 6) is 1.34. The number of carbonyl (C=O) groups is 1. The van der Waals surface area contributed by atoms with Gasteiger partial charge in [0.25, 0.3) is 0 Å². The van der Waals surface area contributed by atoms with Crippen molar-refractivity contribution in [3.63, 3.8) is 0 Å². The van der Waals surface area contributed by atoms with Crippen LogP contribution in [0.4, 0.5) is 16.3 Å². The van der Waals surface area contributed by atoms with E-state index in [1.165, 1.54) is 6.33 Å². The number of anilines is 2. The summed E-state index contributed by atoms with van der Waals surface area (Å²) < 4.78 is 1.65. The van der Waals surface area contributed by atoms with Crippen LogP contribution in [0.1, 0.15) is 5.56 Å². The number of aromatic nitrogens is 4. The van der Waals surface area contributed by atoms with Crippen LogP contribution in [0.25, 0.3) is 5.82 Å². The molecule has 0 saturated heterocycles. The maximum absolute atomic E-state index is 11.9. The van der Waals surface area contributed by atoms with Gasteiger partial charge in [-0.25, -0.2) is 19.4 Å². The normalized spacial score (nSPS) is 10.3. The molecule has 8 nitrogen and oxygen atoms in total. The number of nitrogens with zero attached hydrogens (tertiary/aromatic N) is 4. The van der Waals surface area contributed by atoms with Gasteiger partial charge in [-0.3, -0.25) is 0 Å². The highest BCUT2D eigenvalue weighted by atomic mass is 16.2. The quantitative estimate of drug-likeness (QED) is 0.599. The molecule has 8 heteroatoms. The summed E-state index contributed by atoms with van der Waals surface area (Å²) in [4.78, 5) is 20.2. The molecule has 0 bridgehead atoms. The summed E-state index contributed by atoms with van der Waals surface area (Å²) >= 11 is 0. The predicted molar refractivity (Wildman–Crippen MR) is 95.8 cm³/mol. The van der Waals surface area contributed by atoms with Gasteiger partial charge in [-0.1, -0.05) is 12.1 Å². The maximum atomic E-state index is 11.9. The molecule has 2 aromatic heterocycles. The Morgan fingerprint density at radius 3 is 2.88 bits per heavy atom. The van der Waals surface area contributed by atoms with Crippen molar-refractivity contribution in [1.82, 2.24) is 25.1 Å². The number of benzene rings is 1. The van der Waals surface area contributed by atoms with Crippen LogP contribution in [0.3, 0.4) is 0 Å². The van der Waals surface area contributed by atoms with E-state index >= 15 is 0 Å². The topological polar surface area (TPSA) is 96.8 Å². The van der Waals surface area contributed by atoms with Crippen molar-refractivity contribution >= 4 is 17.5 Å². The third-order valence-corrected chi connectivity index (χ3v) is 3.38. The van der Waals surface area contributed by atoms with Gasteiger partial charge in [0.2, 0.25) is 0 Å². The molecule has 0 atom stereocenters. The van der Waals surface area contributed by atoms with Gasteiger partial charge < -0.3 is 16.0 Å². The Morgan fingerprint density at radius 1 is 1.16 bits per heavy atom. The Labute approximate surface area is 145 Å². The van der Waals surface area contributed by atoms with Crippen molar-refractivity contribution in [3.8, 4) is 5.82 Å². The molecule has 3 rings (SSSR count). The lowest BCUT2D eigenvalue weighted by atomic mass is 10.2. The van der Waals surface area contributed by atoms with Crippen LogP contribution in [0.2, 0.25) is 0 Å². The number of aryl methyl sites for hydroxylation is 1. The standard InChI is InChI=1S/C17H19N7O/c1-13-4-2-5-14(10-13)23-17(25)19-8-7-18-15-11-16(21-12-20-15)24-9-3-6-22-24/h2-6,9-12H,7-8H2,1H3,(H,18,20,21)(H2,19,23,25). The summed E-state index contributed by atoms with van der Waals surface area (Å²) in [5.41, 5.74) is 1.86. The number of nitrogens with one attached hydrogen (secondary N) is 3. The van der Waals surface area contributed by atoms with Crippen LogP contribution < -0.4 is 16.0 Å². The SMILES string of the molecule is Cc1cccc(NC(=O)NCCNc2cc(-n3cccn3)ncn2)c1. The van der Waals surface area contributed by atoms with E-state index in [1.807, 2.05) is 43.5 Å². The van der Waals surface area contributed by atoms with Crippen LogP contribution in [0.15, 0.2) is 55.1 Å². The van der Waals surface area contributed by atoms with E-state index in [2.05, 4.69) is 31.0 Å². The Bertz CT molecular complexity index is 833. The fourth-order valence-electron chi connectivity index (χ4n) is 2.24. The molecule has 2 heterocycles. The molecule has 0 aliphatic carbocycles. The highest BCUT2D eigenvalue weighted by molar-refractivity contribution is 5.89. The molecule has 0 radical (unpaired) electrons. The Kier molecular flexibility index (Phi) is 5.20. The molecule has 0 unspecified atom stereocenters. The van der Waals surface area contributed by atoms with E-state index in [4.69, 9.17) is 0 Å². The summed E-state index contributed by atoms with van der Waals surface area (Å²) in [6, 6.07) is 11.0. The van der Waals surface area contributed by atoms with E-state index in [1.54, 1.807) is 16.9 Å². The third-order valence-electron chi connectivity index (χ3n) is 3.38. The summed E-state index contributed by atoms with van der Waals surface area (Å²) in [7, 11) is 0. The van der Waals surface area contributed by atoms with E-state index < -0.39 is 0 Å². The van der Waals surface area contributed by atoms with Crippen molar-refractivity contribution in [1.29, 1.82) is 0 Å². The smallest absolute Gasteiger partial charge is 0.319 e. The fraction of sp³-hybridized carbons (Fsp3) is 0.176. The van der Waals surface area contributed by atoms with E-state index in [0.29, 0.717) is 24.7 Å². The maximum Gasteiger partial charge on any atom is 0.319 e. The number of hydrogen-bond donors (Lipinski definition) is 3. The van der Waals surface area contributed by atoms with Gasteiger partial charge in [0.1, 0.15) is 12.1 Å². The van der Waals surface area contributed by atoms with Gasteiger partial charge in [-0.15, -0.1) is 0 Å². The third kappa shape index (κ3) is 4.77. The van der Waals surface area contributed by atoms with Gasteiger partial charge in [0, 0.05) is 37.2 Å². The zero-order valence-corrected chi connectivity index (χ0v) is 13.8. The molecule has 3 N–H and O–H groups in total. The van der Waals surface area contributed by atoms with Crippen molar-refractivity contribution < 1.29 is 4.79 Å². The molecule has 25 heavy (non-hydrogen) atoms. The molecule has 128 valence electrons. The van der Waals surface area contributed by atoms with Crippen molar-refractivity contribution in [2.24, 2.45) is 0 Å². The number of urea groups is 1. The molecule has 0 aliphatic rings. The first-order valence-corrected chi connectivity index (χ1v) is 7.88. The first-order chi connectivity index (χ1) is 12.2. The minimum absolute atomic E-state index is 0.243. The average molecular weight is 337 g/mol. The largest absolute Gasteiger partial charge is 0.368 e. The molecule has 0 spiro atoms. The second-order valence-electron chi connectivity index (χ2n) is 5.39. The van der Waals surface area contributed by atoms with E-state index in [-0.39, 0.29) is 6.03 Å². The van der Waals surface area contributed by atoms with Gasteiger partial charge >= 0.3 is 6.03 Å². The minimum Gasteiger partial charge on any atom is -0.368 e. The molecule has 0 fully saturated rings.